The molecule has 0 radical (unpaired) electrons. The number of benzene rings is 1. The summed E-state index contributed by atoms with van der Waals surface area (Å²) < 4.78 is 5.38. The molecule has 1 aromatic carbocycles. The van der Waals surface area contributed by atoms with Gasteiger partial charge in [-0.05, 0) is 25.0 Å². The monoisotopic (exact) mass is 305 g/mol. The number of hydrogen-bond donors (Lipinski definition) is 0. The second-order valence-corrected chi connectivity index (χ2v) is 5.71. The second-order valence-electron chi connectivity index (χ2n) is 5.27. The number of halogens is 1. The standard InChI is InChI=1S/C15H16ClN3O2/c1-10(20)19-7-3-5-12(9-19)15-17-14(18-21-15)11-4-2-6-13(16)8-11/h2,4,6,8,12H,3,5,7,9H2,1H3/t12-/m0/s1. The summed E-state index contributed by atoms with van der Waals surface area (Å²) >= 11 is 5.97. The zero-order valence-electron chi connectivity index (χ0n) is 11.8. The third-order valence-corrected chi connectivity index (χ3v) is 3.98. The zero-order valence-corrected chi connectivity index (χ0v) is 12.5. The van der Waals surface area contributed by atoms with Crippen LogP contribution in [0.5, 0.6) is 0 Å². The van der Waals surface area contributed by atoms with Crippen LogP contribution in [-0.2, 0) is 4.79 Å². The van der Waals surface area contributed by atoms with Crippen molar-refractivity contribution in [1.29, 1.82) is 0 Å². The minimum Gasteiger partial charge on any atom is -0.342 e. The topological polar surface area (TPSA) is 59.2 Å². The lowest BCUT2D eigenvalue weighted by atomic mass is 9.98. The molecular weight excluding hydrogens is 290 g/mol. The first kappa shape index (κ1) is 14.1. The highest BCUT2D eigenvalue weighted by atomic mass is 35.5. The van der Waals surface area contributed by atoms with Gasteiger partial charge in [0, 0.05) is 30.6 Å². The van der Waals surface area contributed by atoms with Gasteiger partial charge in [0.1, 0.15) is 0 Å². The summed E-state index contributed by atoms with van der Waals surface area (Å²) in [5, 5.41) is 4.66. The van der Waals surface area contributed by atoms with Crippen LogP contribution >= 0.6 is 11.6 Å². The Morgan fingerprint density at radius 1 is 1.48 bits per heavy atom. The molecule has 0 aliphatic carbocycles. The van der Waals surface area contributed by atoms with E-state index in [1.807, 2.05) is 17.0 Å². The summed E-state index contributed by atoms with van der Waals surface area (Å²) in [6, 6.07) is 7.35. The molecule has 1 fully saturated rings. The van der Waals surface area contributed by atoms with Crippen LogP contribution in [0.25, 0.3) is 11.4 Å². The van der Waals surface area contributed by atoms with E-state index in [0.717, 1.165) is 24.9 Å². The predicted molar refractivity (Wildman–Crippen MR) is 79.0 cm³/mol. The van der Waals surface area contributed by atoms with Crippen molar-refractivity contribution >= 4 is 17.5 Å². The van der Waals surface area contributed by atoms with Crippen LogP contribution in [-0.4, -0.2) is 34.0 Å². The average molecular weight is 306 g/mol. The molecule has 2 heterocycles. The molecule has 0 bridgehead atoms. The number of hydrogen-bond acceptors (Lipinski definition) is 4. The second kappa shape index (κ2) is 5.85. The van der Waals surface area contributed by atoms with E-state index in [1.165, 1.54) is 0 Å². The molecule has 1 atom stereocenters. The molecule has 21 heavy (non-hydrogen) atoms. The van der Waals surface area contributed by atoms with E-state index in [4.69, 9.17) is 16.1 Å². The van der Waals surface area contributed by atoms with Gasteiger partial charge in [0.2, 0.25) is 17.6 Å². The number of likely N-dealkylation sites (tertiary alicyclic amines) is 1. The Morgan fingerprint density at radius 2 is 2.33 bits per heavy atom. The van der Waals surface area contributed by atoms with Gasteiger partial charge in [-0.25, -0.2) is 0 Å². The number of nitrogens with zero attached hydrogens (tertiary/aromatic N) is 3. The van der Waals surface area contributed by atoms with E-state index in [9.17, 15) is 4.79 Å². The van der Waals surface area contributed by atoms with Gasteiger partial charge in [0.15, 0.2) is 0 Å². The quantitative estimate of drug-likeness (QED) is 0.855. The van der Waals surface area contributed by atoms with Crippen LogP contribution in [0.4, 0.5) is 0 Å². The number of carbonyl (C=O) groups excluding carboxylic acids is 1. The Bertz CT molecular complexity index is 656. The summed E-state index contributed by atoms with van der Waals surface area (Å²) in [5.74, 6) is 1.33. The summed E-state index contributed by atoms with van der Waals surface area (Å²) in [5.41, 5.74) is 0.830. The molecule has 1 saturated heterocycles. The molecule has 6 heteroatoms. The molecule has 1 amide bonds. The normalized spacial score (nSPS) is 18.8. The SMILES string of the molecule is CC(=O)N1CCC[C@H](c2nc(-c3cccc(Cl)c3)no2)C1. The summed E-state index contributed by atoms with van der Waals surface area (Å²) in [4.78, 5) is 17.8. The molecule has 110 valence electrons. The third kappa shape index (κ3) is 3.08. The molecule has 1 aliphatic heterocycles. The lowest BCUT2D eigenvalue weighted by Gasteiger charge is -2.29. The Labute approximate surface area is 127 Å². The van der Waals surface area contributed by atoms with Crippen molar-refractivity contribution in [2.75, 3.05) is 13.1 Å². The minimum atomic E-state index is 0.0919. The third-order valence-electron chi connectivity index (χ3n) is 3.74. The van der Waals surface area contributed by atoms with Crippen LogP contribution in [0.3, 0.4) is 0 Å². The summed E-state index contributed by atoms with van der Waals surface area (Å²) in [7, 11) is 0. The fourth-order valence-electron chi connectivity index (χ4n) is 2.61. The van der Waals surface area contributed by atoms with Gasteiger partial charge in [-0.3, -0.25) is 4.79 Å². The smallest absolute Gasteiger partial charge is 0.231 e. The fourth-order valence-corrected chi connectivity index (χ4v) is 2.80. The van der Waals surface area contributed by atoms with Crippen LogP contribution in [0.1, 0.15) is 31.6 Å². The van der Waals surface area contributed by atoms with Gasteiger partial charge in [-0.2, -0.15) is 4.98 Å². The van der Waals surface area contributed by atoms with Crippen molar-refractivity contribution in [2.24, 2.45) is 0 Å². The lowest BCUT2D eigenvalue weighted by molar-refractivity contribution is -0.130. The van der Waals surface area contributed by atoms with Crippen LogP contribution in [0, 0.1) is 0 Å². The minimum absolute atomic E-state index is 0.0919. The van der Waals surface area contributed by atoms with E-state index in [-0.39, 0.29) is 11.8 Å². The number of amides is 1. The molecule has 1 aromatic heterocycles. The molecule has 2 aromatic rings. The van der Waals surface area contributed by atoms with E-state index in [1.54, 1.807) is 19.1 Å². The zero-order chi connectivity index (χ0) is 14.8. The van der Waals surface area contributed by atoms with Crippen LogP contribution in [0.15, 0.2) is 28.8 Å². The number of carbonyl (C=O) groups is 1. The van der Waals surface area contributed by atoms with Crippen molar-refractivity contribution in [3.63, 3.8) is 0 Å². The maximum Gasteiger partial charge on any atom is 0.231 e. The predicted octanol–water partition coefficient (Wildman–Crippen LogP) is 3.12. The summed E-state index contributed by atoms with van der Waals surface area (Å²) in [6.07, 6.45) is 1.92. The van der Waals surface area contributed by atoms with E-state index < -0.39 is 0 Å². The molecule has 0 spiro atoms. The van der Waals surface area contributed by atoms with Gasteiger partial charge >= 0.3 is 0 Å². The molecule has 0 unspecified atom stereocenters. The van der Waals surface area contributed by atoms with Crippen molar-refractivity contribution in [2.45, 2.75) is 25.7 Å². The number of aromatic nitrogens is 2. The van der Waals surface area contributed by atoms with Gasteiger partial charge in [0.25, 0.3) is 0 Å². The van der Waals surface area contributed by atoms with Crippen molar-refractivity contribution < 1.29 is 9.32 Å². The molecule has 1 aliphatic rings. The first-order valence-electron chi connectivity index (χ1n) is 6.98. The Morgan fingerprint density at radius 3 is 3.10 bits per heavy atom. The average Bonchev–Trinajstić information content (AvgIpc) is 2.97. The van der Waals surface area contributed by atoms with Gasteiger partial charge in [-0.15, -0.1) is 0 Å². The van der Waals surface area contributed by atoms with Crippen molar-refractivity contribution in [3.05, 3.63) is 35.2 Å². The lowest BCUT2D eigenvalue weighted by Crippen LogP contribution is -2.37. The molecule has 3 rings (SSSR count). The van der Waals surface area contributed by atoms with E-state index in [2.05, 4.69) is 10.1 Å². The Hall–Kier alpha value is -1.88. The number of rotatable bonds is 2. The Balaban J connectivity index is 1.80. The number of piperidine rings is 1. The van der Waals surface area contributed by atoms with E-state index in [0.29, 0.717) is 23.3 Å². The Kier molecular flexibility index (Phi) is 3.92. The van der Waals surface area contributed by atoms with Crippen molar-refractivity contribution in [1.82, 2.24) is 15.0 Å². The molecule has 5 nitrogen and oxygen atoms in total. The molecular formula is C15H16ClN3O2. The maximum atomic E-state index is 11.5. The highest BCUT2D eigenvalue weighted by Crippen LogP contribution is 2.28. The van der Waals surface area contributed by atoms with Gasteiger partial charge in [-0.1, -0.05) is 28.9 Å². The molecule has 0 saturated carbocycles. The van der Waals surface area contributed by atoms with E-state index >= 15 is 0 Å². The van der Waals surface area contributed by atoms with Gasteiger partial charge in [0.05, 0.1) is 5.92 Å². The van der Waals surface area contributed by atoms with Crippen molar-refractivity contribution in [3.8, 4) is 11.4 Å². The largest absolute Gasteiger partial charge is 0.342 e. The van der Waals surface area contributed by atoms with Crippen LogP contribution in [0.2, 0.25) is 5.02 Å². The summed E-state index contributed by atoms with van der Waals surface area (Å²) in [6.45, 7) is 3.04. The first-order valence-corrected chi connectivity index (χ1v) is 7.36. The fraction of sp³-hybridized carbons (Fsp3) is 0.400. The highest BCUT2D eigenvalue weighted by Gasteiger charge is 2.27. The van der Waals surface area contributed by atoms with Gasteiger partial charge < -0.3 is 9.42 Å². The highest BCUT2D eigenvalue weighted by molar-refractivity contribution is 6.30. The first-order chi connectivity index (χ1) is 10.1. The maximum absolute atomic E-state index is 11.5. The molecule has 0 N–H and O–H groups in total. The van der Waals surface area contributed by atoms with Crippen LogP contribution < -0.4 is 0 Å².